The molecule has 5 nitrogen and oxygen atoms in total. The number of hydrogen-bond donors (Lipinski definition) is 0. The molecular weight excluding hydrogens is 349 g/mol. The second-order valence-corrected chi connectivity index (χ2v) is 5.77. The first-order valence-corrected chi connectivity index (χ1v) is 7.67. The van der Waals surface area contributed by atoms with Crippen molar-refractivity contribution in [1.82, 2.24) is 24.8 Å². The highest BCUT2D eigenvalue weighted by atomic mass is 35.5. The Kier molecular flexibility index (Phi) is 4.64. The van der Waals surface area contributed by atoms with Gasteiger partial charge >= 0.3 is 0 Å². The van der Waals surface area contributed by atoms with Gasteiger partial charge in [0.1, 0.15) is 10.8 Å². The summed E-state index contributed by atoms with van der Waals surface area (Å²) in [5.41, 5.74) is 1.68. The summed E-state index contributed by atoms with van der Waals surface area (Å²) in [4.78, 5) is 4.70. The largest absolute Gasteiger partial charge is 0.265 e. The van der Waals surface area contributed by atoms with Gasteiger partial charge in [-0.2, -0.15) is 9.61 Å². The summed E-state index contributed by atoms with van der Waals surface area (Å²) in [5, 5.41) is 13.6. The second kappa shape index (κ2) is 6.86. The molecule has 0 atom stereocenters. The van der Waals surface area contributed by atoms with Crippen LogP contribution in [0.2, 0.25) is 0 Å². The molecule has 0 fully saturated rings. The summed E-state index contributed by atoms with van der Waals surface area (Å²) in [6.45, 7) is 0. The van der Waals surface area contributed by atoms with E-state index in [1.54, 1.807) is 23.0 Å². The summed E-state index contributed by atoms with van der Waals surface area (Å²) < 4.78 is 14.9. The summed E-state index contributed by atoms with van der Waals surface area (Å²) in [6, 6.07) is 10.1. The van der Waals surface area contributed by atoms with Crippen molar-refractivity contribution >= 4 is 40.9 Å². The van der Waals surface area contributed by atoms with Crippen molar-refractivity contribution in [2.75, 3.05) is 0 Å². The van der Waals surface area contributed by atoms with Gasteiger partial charge in [0.05, 0.1) is 0 Å². The fourth-order valence-electron chi connectivity index (χ4n) is 2.16. The minimum Gasteiger partial charge on any atom is -0.265 e. The van der Waals surface area contributed by atoms with Crippen LogP contribution in [0.25, 0.3) is 28.5 Å². The van der Waals surface area contributed by atoms with E-state index in [2.05, 4.69) is 20.3 Å². The number of aromatic nitrogens is 5. The monoisotopic (exact) mass is 359 g/mol. The van der Waals surface area contributed by atoms with E-state index in [0.29, 0.717) is 10.8 Å². The fraction of sp³-hybridized carbons (Fsp3) is 0. The number of rotatable bonds is 3. The van der Waals surface area contributed by atoms with E-state index in [1.165, 1.54) is 23.5 Å². The van der Waals surface area contributed by atoms with E-state index in [0.717, 1.165) is 16.1 Å². The Morgan fingerprint density at radius 3 is 2.67 bits per heavy atom. The number of benzene rings is 1. The molecule has 1 aromatic carbocycles. The molecule has 0 saturated carbocycles. The van der Waals surface area contributed by atoms with Crippen LogP contribution in [-0.2, 0) is 0 Å². The smallest absolute Gasteiger partial charge is 0.235 e. The number of hydrogen-bond acceptors (Lipinski definition) is 5. The summed E-state index contributed by atoms with van der Waals surface area (Å²) in [6.07, 6.45) is 7.06. The highest BCUT2D eigenvalue weighted by Gasteiger charge is 2.11. The Bertz CT molecular complexity index is 996. The van der Waals surface area contributed by atoms with E-state index in [4.69, 9.17) is 0 Å². The first-order chi connectivity index (χ1) is 11.3. The first-order valence-electron chi connectivity index (χ1n) is 6.86. The van der Waals surface area contributed by atoms with Crippen LogP contribution in [-0.4, -0.2) is 24.8 Å². The summed E-state index contributed by atoms with van der Waals surface area (Å²) in [5.74, 6) is 0.411. The van der Waals surface area contributed by atoms with Crippen LogP contribution in [0.15, 0.2) is 48.8 Å². The summed E-state index contributed by atoms with van der Waals surface area (Å²) in [7, 11) is 0. The molecule has 4 rings (SSSR count). The van der Waals surface area contributed by atoms with Gasteiger partial charge in [-0.3, -0.25) is 4.98 Å². The molecule has 0 N–H and O–H groups in total. The number of nitrogens with zero attached hydrogens (tertiary/aromatic N) is 5. The lowest BCUT2D eigenvalue weighted by Crippen LogP contribution is -1.90. The predicted molar refractivity (Wildman–Crippen MR) is 94.5 cm³/mol. The number of pyridine rings is 1. The zero-order valence-electron chi connectivity index (χ0n) is 12.2. The van der Waals surface area contributed by atoms with Crippen molar-refractivity contribution in [3.63, 3.8) is 0 Å². The minimum absolute atomic E-state index is 0. The Hall–Kier alpha value is -2.64. The average molecular weight is 360 g/mol. The van der Waals surface area contributed by atoms with Crippen molar-refractivity contribution in [3.8, 4) is 11.4 Å². The molecule has 0 aliphatic carbocycles. The third-order valence-electron chi connectivity index (χ3n) is 3.21. The van der Waals surface area contributed by atoms with E-state index >= 15 is 0 Å². The lowest BCUT2D eigenvalue weighted by atomic mass is 10.2. The third-order valence-corrected chi connectivity index (χ3v) is 4.08. The van der Waals surface area contributed by atoms with E-state index in [-0.39, 0.29) is 18.2 Å². The molecule has 0 aliphatic rings. The molecule has 0 amide bonds. The van der Waals surface area contributed by atoms with Crippen LogP contribution in [0.5, 0.6) is 0 Å². The van der Waals surface area contributed by atoms with E-state index < -0.39 is 0 Å². The molecule has 24 heavy (non-hydrogen) atoms. The molecule has 0 unspecified atom stereocenters. The zero-order valence-corrected chi connectivity index (χ0v) is 13.8. The second-order valence-electron chi connectivity index (χ2n) is 4.78. The van der Waals surface area contributed by atoms with Gasteiger partial charge in [0.2, 0.25) is 4.96 Å². The van der Waals surface area contributed by atoms with E-state index in [9.17, 15) is 4.39 Å². The van der Waals surface area contributed by atoms with Crippen LogP contribution in [0.3, 0.4) is 0 Å². The molecule has 3 aromatic heterocycles. The molecule has 3 heterocycles. The zero-order chi connectivity index (χ0) is 15.6. The third kappa shape index (κ3) is 3.17. The van der Waals surface area contributed by atoms with Gasteiger partial charge in [-0.25, -0.2) is 4.39 Å². The Labute approximate surface area is 146 Å². The normalized spacial score (nSPS) is 11.0. The van der Waals surface area contributed by atoms with Gasteiger partial charge in [0.15, 0.2) is 5.82 Å². The maximum absolute atomic E-state index is 13.2. The van der Waals surface area contributed by atoms with Crippen LogP contribution in [0.4, 0.5) is 4.39 Å². The SMILES string of the molecule is Cl.Fc1cccc(C=Cc2nn3c(-c4ccncc4)nnc3s2)c1. The molecule has 4 aromatic rings. The van der Waals surface area contributed by atoms with Crippen molar-refractivity contribution < 1.29 is 4.39 Å². The van der Waals surface area contributed by atoms with Crippen LogP contribution in [0, 0.1) is 5.82 Å². The van der Waals surface area contributed by atoms with E-state index in [1.807, 2.05) is 30.4 Å². The fourth-order valence-corrected chi connectivity index (χ4v) is 2.90. The van der Waals surface area contributed by atoms with Gasteiger partial charge in [-0.15, -0.1) is 22.6 Å². The molecule has 0 aliphatic heterocycles. The van der Waals surface area contributed by atoms with Crippen LogP contribution in [0.1, 0.15) is 10.6 Å². The molecular formula is C16H11ClFN5S. The van der Waals surface area contributed by atoms with Crippen LogP contribution >= 0.6 is 23.7 Å². The molecule has 0 saturated heterocycles. The molecule has 120 valence electrons. The van der Waals surface area contributed by atoms with Gasteiger partial charge in [-0.1, -0.05) is 29.5 Å². The molecule has 8 heteroatoms. The lowest BCUT2D eigenvalue weighted by molar-refractivity contribution is 0.627. The van der Waals surface area contributed by atoms with Gasteiger partial charge in [0.25, 0.3) is 0 Å². The Balaban J connectivity index is 0.00000169. The van der Waals surface area contributed by atoms with Crippen molar-refractivity contribution in [2.24, 2.45) is 0 Å². The Morgan fingerprint density at radius 1 is 1.04 bits per heavy atom. The Morgan fingerprint density at radius 2 is 1.88 bits per heavy atom. The maximum atomic E-state index is 13.2. The van der Waals surface area contributed by atoms with Crippen molar-refractivity contribution in [3.05, 3.63) is 65.2 Å². The molecule has 0 radical (unpaired) electrons. The molecule has 0 bridgehead atoms. The predicted octanol–water partition coefficient (Wildman–Crippen LogP) is 3.98. The van der Waals surface area contributed by atoms with Crippen molar-refractivity contribution in [1.29, 1.82) is 0 Å². The highest BCUT2D eigenvalue weighted by molar-refractivity contribution is 7.17. The highest BCUT2D eigenvalue weighted by Crippen LogP contribution is 2.22. The minimum atomic E-state index is -0.259. The molecule has 0 spiro atoms. The standard InChI is InChI=1S/C16H10FN5S.ClH/c17-13-3-1-2-11(10-13)4-5-14-21-22-15(19-20-16(22)23-14)12-6-8-18-9-7-12;/h1-10H;1H. The van der Waals surface area contributed by atoms with Gasteiger partial charge in [0, 0.05) is 18.0 Å². The van der Waals surface area contributed by atoms with Crippen molar-refractivity contribution in [2.45, 2.75) is 0 Å². The quantitative estimate of drug-likeness (QED) is 0.555. The lowest BCUT2D eigenvalue weighted by Gasteiger charge is -1.94. The number of halogens is 2. The van der Waals surface area contributed by atoms with Crippen LogP contribution < -0.4 is 0 Å². The van der Waals surface area contributed by atoms with Gasteiger partial charge < -0.3 is 0 Å². The first kappa shape index (κ1) is 16.2. The maximum Gasteiger partial charge on any atom is 0.235 e. The topological polar surface area (TPSA) is 56.0 Å². The average Bonchev–Trinajstić information content (AvgIpc) is 3.14. The van der Waals surface area contributed by atoms with Gasteiger partial charge in [-0.05, 0) is 35.9 Å². The number of fused-ring (bicyclic) bond motifs is 1. The summed E-state index contributed by atoms with van der Waals surface area (Å²) >= 11 is 1.42.